The van der Waals surface area contributed by atoms with Crippen LogP contribution in [0.4, 0.5) is 0 Å². The molecule has 2 rings (SSSR count). The van der Waals surface area contributed by atoms with E-state index in [0.29, 0.717) is 22.6 Å². The number of ether oxygens (including phenoxy) is 2. The maximum atomic E-state index is 11.4. The molecular formula is C17H15NO3. The summed E-state index contributed by atoms with van der Waals surface area (Å²) in [6.07, 6.45) is 0. The van der Waals surface area contributed by atoms with E-state index in [2.05, 4.69) is 6.07 Å². The summed E-state index contributed by atoms with van der Waals surface area (Å²) in [5.74, 6) is 1.26. The lowest BCUT2D eigenvalue weighted by Gasteiger charge is -2.11. The Morgan fingerprint density at radius 2 is 2.05 bits per heavy atom. The minimum absolute atomic E-state index is 0.00891. The first-order valence-corrected chi connectivity index (χ1v) is 6.45. The van der Waals surface area contributed by atoms with Crippen LogP contribution in [0.15, 0.2) is 42.5 Å². The molecule has 0 saturated carbocycles. The molecule has 2 aromatic carbocycles. The average Bonchev–Trinajstić information content (AvgIpc) is 2.52. The molecule has 2 aromatic rings. The maximum Gasteiger partial charge on any atom is 0.159 e. The highest BCUT2D eigenvalue weighted by atomic mass is 16.5. The van der Waals surface area contributed by atoms with Crippen molar-refractivity contribution in [1.82, 2.24) is 0 Å². The molecule has 0 fully saturated rings. The van der Waals surface area contributed by atoms with Gasteiger partial charge in [-0.05, 0) is 43.3 Å². The number of methoxy groups -OCH3 is 1. The highest BCUT2D eigenvalue weighted by Crippen LogP contribution is 2.23. The molecule has 106 valence electrons. The lowest BCUT2D eigenvalue weighted by atomic mass is 10.1. The van der Waals surface area contributed by atoms with Gasteiger partial charge < -0.3 is 9.47 Å². The fraction of sp³-hybridized carbons (Fsp3) is 0.176. The Hall–Kier alpha value is -2.80. The van der Waals surface area contributed by atoms with Gasteiger partial charge in [-0.15, -0.1) is 0 Å². The van der Waals surface area contributed by atoms with Gasteiger partial charge in [-0.3, -0.25) is 4.79 Å². The summed E-state index contributed by atoms with van der Waals surface area (Å²) < 4.78 is 10.9. The molecule has 0 heterocycles. The highest BCUT2D eigenvalue weighted by molar-refractivity contribution is 5.94. The Morgan fingerprint density at radius 1 is 1.24 bits per heavy atom. The molecule has 4 nitrogen and oxygen atoms in total. The number of benzene rings is 2. The standard InChI is InChI=1S/C17H15NO3/c1-12(19)14-6-7-17(20-2)15(9-14)11-21-16-5-3-4-13(8-16)10-18/h3-9H,11H2,1-2H3. The first-order chi connectivity index (χ1) is 10.1. The van der Waals surface area contributed by atoms with Gasteiger partial charge in [0.1, 0.15) is 18.1 Å². The molecule has 0 aliphatic heterocycles. The predicted octanol–water partition coefficient (Wildman–Crippen LogP) is 3.35. The molecule has 0 spiro atoms. The highest BCUT2D eigenvalue weighted by Gasteiger charge is 2.08. The Balaban J connectivity index is 2.20. The third-order valence-electron chi connectivity index (χ3n) is 3.04. The molecule has 0 atom stereocenters. The molecule has 0 bridgehead atoms. The monoisotopic (exact) mass is 281 g/mol. The van der Waals surface area contributed by atoms with Crippen LogP contribution in [0.25, 0.3) is 0 Å². The second-order valence-electron chi connectivity index (χ2n) is 4.51. The van der Waals surface area contributed by atoms with E-state index in [-0.39, 0.29) is 12.4 Å². The van der Waals surface area contributed by atoms with E-state index in [9.17, 15) is 4.79 Å². The van der Waals surface area contributed by atoms with Crippen molar-refractivity contribution in [3.05, 3.63) is 59.2 Å². The second-order valence-corrected chi connectivity index (χ2v) is 4.51. The molecule has 0 aliphatic rings. The molecular weight excluding hydrogens is 266 g/mol. The summed E-state index contributed by atoms with van der Waals surface area (Å²) in [7, 11) is 1.57. The van der Waals surface area contributed by atoms with Gasteiger partial charge in [0.05, 0.1) is 18.7 Å². The summed E-state index contributed by atoms with van der Waals surface area (Å²) in [6, 6.07) is 14.2. The van der Waals surface area contributed by atoms with Gasteiger partial charge in [-0.1, -0.05) is 6.07 Å². The van der Waals surface area contributed by atoms with Crippen molar-refractivity contribution in [3.63, 3.8) is 0 Å². The van der Waals surface area contributed by atoms with E-state index >= 15 is 0 Å². The lowest BCUT2D eigenvalue weighted by Crippen LogP contribution is -2.02. The van der Waals surface area contributed by atoms with Crippen LogP contribution in [0.2, 0.25) is 0 Å². The number of hydrogen-bond acceptors (Lipinski definition) is 4. The van der Waals surface area contributed by atoms with Crippen LogP contribution in [0.1, 0.15) is 28.4 Å². The zero-order valence-corrected chi connectivity index (χ0v) is 11.9. The van der Waals surface area contributed by atoms with Crippen LogP contribution in [0.3, 0.4) is 0 Å². The summed E-state index contributed by atoms with van der Waals surface area (Å²) in [5.41, 5.74) is 1.93. The summed E-state index contributed by atoms with van der Waals surface area (Å²) in [4.78, 5) is 11.4. The maximum absolute atomic E-state index is 11.4. The predicted molar refractivity (Wildman–Crippen MR) is 78.5 cm³/mol. The van der Waals surface area contributed by atoms with Crippen LogP contribution in [-0.2, 0) is 6.61 Å². The zero-order valence-electron chi connectivity index (χ0n) is 11.9. The minimum Gasteiger partial charge on any atom is -0.496 e. The Bertz CT molecular complexity index is 701. The van der Waals surface area contributed by atoms with E-state index in [1.54, 1.807) is 49.6 Å². The number of Topliss-reactive ketones (excluding diaryl/α,β-unsaturated/α-hetero) is 1. The van der Waals surface area contributed by atoms with E-state index in [1.165, 1.54) is 6.92 Å². The Morgan fingerprint density at radius 3 is 2.71 bits per heavy atom. The fourth-order valence-corrected chi connectivity index (χ4v) is 1.93. The molecule has 0 aromatic heterocycles. The molecule has 0 N–H and O–H groups in total. The number of ketones is 1. The van der Waals surface area contributed by atoms with Crippen LogP contribution in [-0.4, -0.2) is 12.9 Å². The van der Waals surface area contributed by atoms with Crippen molar-refractivity contribution < 1.29 is 14.3 Å². The molecule has 0 saturated heterocycles. The molecule has 0 amide bonds. The topological polar surface area (TPSA) is 59.3 Å². The summed E-state index contributed by atoms with van der Waals surface area (Å²) in [6.45, 7) is 1.78. The van der Waals surface area contributed by atoms with Gasteiger partial charge in [0.2, 0.25) is 0 Å². The largest absolute Gasteiger partial charge is 0.496 e. The molecule has 0 radical (unpaired) electrons. The van der Waals surface area contributed by atoms with Crippen molar-refractivity contribution in [3.8, 4) is 17.6 Å². The number of nitriles is 1. The second kappa shape index (κ2) is 6.58. The van der Waals surface area contributed by atoms with Gasteiger partial charge in [0, 0.05) is 11.1 Å². The number of hydrogen-bond donors (Lipinski definition) is 0. The van der Waals surface area contributed by atoms with Crippen LogP contribution >= 0.6 is 0 Å². The molecule has 4 heteroatoms. The van der Waals surface area contributed by atoms with Crippen molar-refractivity contribution in [2.75, 3.05) is 7.11 Å². The third-order valence-corrected chi connectivity index (χ3v) is 3.04. The van der Waals surface area contributed by atoms with Crippen molar-refractivity contribution in [1.29, 1.82) is 5.26 Å². The first kappa shape index (κ1) is 14.6. The van der Waals surface area contributed by atoms with Gasteiger partial charge in [0.25, 0.3) is 0 Å². The smallest absolute Gasteiger partial charge is 0.159 e. The van der Waals surface area contributed by atoms with E-state index in [1.807, 2.05) is 0 Å². The van der Waals surface area contributed by atoms with E-state index in [4.69, 9.17) is 14.7 Å². The van der Waals surface area contributed by atoms with Crippen LogP contribution in [0.5, 0.6) is 11.5 Å². The summed E-state index contributed by atoms with van der Waals surface area (Å²) >= 11 is 0. The van der Waals surface area contributed by atoms with Crippen LogP contribution in [0, 0.1) is 11.3 Å². The van der Waals surface area contributed by atoms with Gasteiger partial charge >= 0.3 is 0 Å². The first-order valence-electron chi connectivity index (χ1n) is 6.45. The Kier molecular flexibility index (Phi) is 4.57. The summed E-state index contributed by atoms with van der Waals surface area (Å²) in [5, 5.41) is 8.86. The molecule has 0 unspecified atom stereocenters. The normalized spacial score (nSPS) is 9.76. The molecule has 0 aliphatic carbocycles. The number of carbonyl (C=O) groups is 1. The minimum atomic E-state index is -0.00891. The lowest BCUT2D eigenvalue weighted by molar-refractivity contribution is 0.101. The van der Waals surface area contributed by atoms with E-state index in [0.717, 1.165) is 5.56 Å². The average molecular weight is 281 g/mol. The van der Waals surface area contributed by atoms with Crippen molar-refractivity contribution in [2.24, 2.45) is 0 Å². The van der Waals surface area contributed by atoms with Gasteiger partial charge in [0.15, 0.2) is 5.78 Å². The van der Waals surface area contributed by atoms with Crippen LogP contribution < -0.4 is 9.47 Å². The molecule has 21 heavy (non-hydrogen) atoms. The van der Waals surface area contributed by atoms with Crippen molar-refractivity contribution in [2.45, 2.75) is 13.5 Å². The Labute approximate surface area is 123 Å². The van der Waals surface area contributed by atoms with E-state index < -0.39 is 0 Å². The van der Waals surface area contributed by atoms with Gasteiger partial charge in [-0.25, -0.2) is 0 Å². The number of rotatable bonds is 5. The quantitative estimate of drug-likeness (QED) is 0.788. The number of nitrogens with zero attached hydrogens (tertiary/aromatic N) is 1. The van der Waals surface area contributed by atoms with Crippen molar-refractivity contribution >= 4 is 5.78 Å². The zero-order chi connectivity index (χ0) is 15.2. The van der Waals surface area contributed by atoms with Gasteiger partial charge in [-0.2, -0.15) is 5.26 Å². The third kappa shape index (κ3) is 3.61. The SMILES string of the molecule is COc1ccc(C(C)=O)cc1COc1cccc(C#N)c1. The fourth-order valence-electron chi connectivity index (χ4n) is 1.93. The number of carbonyl (C=O) groups excluding carboxylic acids is 1.